The summed E-state index contributed by atoms with van der Waals surface area (Å²) in [6.07, 6.45) is 15.8. The van der Waals surface area contributed by atoms with Crippen molar-refractivity contribution in [1.82, 2.24) is 4.90 Å². The molecular weight excluding hydrogens is 494 g/mol. The van der Waals surface area contributed by atoms with Gasteiger partial charge < -0.3 is 22.0 Å². The van der Waals surface area contributed by atoms with E-state index >= 15 is 0 Å². The van der Waals surface area contributed by atoms with E-state index in [-0.39, 0.29) is 24.4 Å². The molecule has 0 N–H and O–H groups in total. The summed E-state index contributed by atoms with van der Waals surface area (Å²) in [5.41, 5.74) is 3.78. The number of hydrogen-bond acceptors (Lipinski definition) is 2. The number of likely N-dealkylation sites (N-methyl/N-ethyl adjacent to an activating group) is 1. The summed E-state index contributed by atoms with van der Waals surface area (Å²) in [7, 11) is 14.7. The van der Waals surface area contributed by atoms with E-state index < -0.39 is 11.2 Å². The van der Waals surface area contributed by atoms with Crippen molar-refractivity contribution in [1.29, 1.82) is 0 Å². The van der Waals surface area contributed by atoms with E-state index in [0.29, 0.717) is 0 Å². The van der Waals surface area contributed by atoms with Crippen LogP contribution in [0.25, 0.3) is 0 Å². The van der Waals surface area contributed by atoms with Gasteiger partial charge in [-0.3, -0.25) is 0 Å². The Bertz CT molecular complexity index is 728. The Balaban J connectivity index is 0.000000771. The number of rotatable bonds is 5. The maximum atomic E-state index is 6.37. The number of ether oxygens (including phenoxy) is 1. The van der Waals surface area contributed by atoms with Crippen molar-refractivity contribution in [3.8, 4) is 0 Å². The third-order valence-corrected chi connectivity index (χ3v) is 5.08. The van der Waals surface area contributed by atoms with Gasteiger partial charge in [0.05, 0.1) is 5.92 Å². The fraction of sp³-hybridized carbons (Fsp3) is 0.476. The van der Waals surface area contributed by atoms with Gasteiger partial charge >= 0.3 is 41.5 Å². The Kier molecular flexibility index (Phi) is 12.1. The topological polar surface area (TPSA) is 15.5 Å². The van der Waals surface area contributed by atoms with Gasteiger partial charge in [-0.15, -0.1) is 0 Å². The minimum absolute atomic E-state index is 0. The molecular formula is C21H29Cl4FeN2O. The molecule has 2 atom stereocenters. The third kappa shape index (κ3) is 7.38. The normalized spacial score (nSPS) is 21.7. The second-order valence-corrected chi connectivity index (χ2v) is 12.0. The Morgan fingerprint density at radius 2 is 1.62 bits per heavy atom. The summed E-state index contributed by atoms with van der Waals surface area (Å²) in [6.45, 7) is 12.9. The average Bonchev–Trinajstić information content (AvgIpc) is 2.67. The summed E-state index contributed by atoms with van der Waals surface area (Å²) in [4.78, 5) is 2.37. The number of allylic oxidation sites excluding steroid dienone is 4. The van der Waals surface area contributed by atoms with Gasteiger partial charge in [0.15, 0.2) is 0 Å². The first-order valence-electron chi connectivity index (χ1n) is 9.65. The van der Waals surface area contributed by atoms with E-state index in [1.54, 1.807) is 0 Å². The second-order valence-electron chi connectivity index (χ2n) is 6.48. The first kappa shape index (κ1) is 26.7. The zero-order valence-corrected chi connectivity index (χ0v) is 21.3. The molecule has 3 aliphatic rings. The molecule has 8 heteroatoms. The molecule has 0 aromatic heterocycles. The number of hydrogen-bond donors (Lipinski definition) is 0. The Hall–Kier alpha value is -0.351. The van der Waals surface area contributed by atoms with Crippen molar-refractivity contribution in [2.75, 3.05) is 26.2 Å². The van der Waals surface area contributed by atoms with Crippen molar-refractivity contribution in [2.45, 2.75) is 33.8 Å². The molecule has 2 aliphatic carbocycles. The van der Waals surface area contributed by atoms with E-state index in [0.717, 1.165) is 31.9 Å². The summed E-state index contributed by atoms with van der Waals surface area (Å²) < 4.78 is 8.73. The first-order valence-corrected chi connectivity index (χ1v) is 14.2. The van der Waals surface area contributed by atoms with E-state index in [1.165, 1.54) is 17.0 Å². The van der Waals surface area contributed by atoms with Crippen LogP contribution in [-0.2, 0) is 15.9 Å². The molecule has 0 aromatic rings. The number of halogens is 4. The van der Waals surface area contributed by atoms with Crippen LogP contribution in [0.15, 0.2) is 59.6 Å². The Morgan fingerprint density at radius 3 is 2.17 bits per heavy atom. The molecule has 3 rings (SSSR count). The van der Waals surface area contributed by atoms with Crippen molar-refractivity contribution < 1.29 is 32.9 Å². The SMILES string of the molecule is CCN(CC)C1=CC2OC3=CC(=[N+](CC)CC)C=CC3C=C2C=C1.[Cl-].[Cl][Fe]([Cl])[Cl]. The quantitative estimate of drug-likeness (QED) is 0.407. The van der Waals surface area contributed by atoms with Crippen LogP contribution in [0.3, 0.4) is 0 Å². The third-order valence-electron chi connectivity index (χ3n) is 5.08. The van der Waals surface area contributed by atoms with Crippen molar-refractivity contribution in [3.05, 3.63) is 59.6 Å². The zero-order chi connectivity index (χ0) is 20.7. The minimum atomic E-state index is -1.33. The molecule has 29 heavy (non-hydrogen) atoms. The molecule has 0 saturated carbocycles. The van der Waals surface area contributed by atoms with Gasteiger partial charge in [-0.05, 0) is 45.4 Å². The molecule has 0 amide bonds. The summed E-state index contributed by atoms with van der Waals surface area (Å²) >= 11 is -1.33. The molecule has 0 bridgehead atoms. The molecule has 2 unspecified atom stereocenters. The molecule has 0 aromatic carbocycles. The van der Waals surface area contributed by atoms with Crippen LogP contribution < -0.4 is 12.4 Å². The zero-order valence-electron chi connectivity index (χ0n) is 17.2. The predicted octanol–water partition coefficient (Wildman–Crippen LogP) is 2.74. The summed E-state index contributed by atoms with van der Waals surface area (Å²) in [5.74, 6) is 1.34. The molecule has 1 aliphatic heterocycles. The molecule has 0 spiro atoms. The Labute approximate surface area is 198 Å². The van der Waals surface area contributed by atoms with Crippen molar-refractivity contribution in [2.24, 2.45) is 5.92 Å². The van der Waals surface area contributed by atoms with E-state index in [4.69, 9.17) is 35.0 Å². The molecule has 0 fully saturated rings. The van der Waals surface area contributed by atoms with E-state index in [2.05, 4.69) is 79.7 Å². The van der Waals surface area contributed by atoms with Crippen LogP contribution in [-0.4, -0.2) is 47.5 Å². The van der Waals surface area contributed by atoms with Crippen LogP contribution in [0.5, 0.6) is 0 Å². The summed E-state index contributed by atoms with van der Waals surface area (Å²) in [5, 5.41) is 0. The van der Waals surface area contributed by atoms with Crippen molar-refractivity contribution in [3.63, 3.8) is 0 Å². The van der Waals surface area contributed by atoms with Crippen LogP contribution in [0.4, 0.5) is 0 Å². The molecule has 0 saturated heterocycles. The van der Waals surface area contributed by atoms with Crippen LogP contribution in [0.2, 0.25) is 0 Å². The van der Waals surface area contributed by atoms with Gasteiger partial charge in [-0.25, -0.2) is 4.58 Å². The fourth-order valence-corrected chi connectivity index (χ4v) is 3.61. The van der Waals surface area contributed by atoms with Gasteiger partial charge in [0, 0.05) is 30.9 Å². The van der Waals surface area contributed by atoms with Crippen molar-refractivity contribution >= 4 is 36.0 Å². The monoisotopic (exact) mass is 521 g/mol. The first-order chi connectivity index (χ1) is 13.4. The van der Waals surface area contributed by atoms with Gasteiger partial charge in [-0.1, -0.05) is 18.2 Å². The molecule has 165 valence electrons. The molecule has 0 radical (unpaired) electrons. The van der Waals surface area contributed by atoms with Crippen LogP contribution in [0, 0.1) is 5.92 Å². The van der Waals surface area contributed by atoms with Gasteiger partial charge in [0.2, 0.25) is 5.71 Å². The van der Waals surface area contributed by atoms with Crippen LogP contribution in [0.1, 0.15) is 27.7 Å². The maximum absolute atomic E-state index is 6.37. The Morgan fingerprint density at radius 1 is 1.00 bits per heavy atom. The molecule has 3 nitrogen and oxygen atoms in total. The molecule has 1 heterocycles. The second kappa shape index (κ2) is 13.1. The summed E-state index contributed by atoms with van der Waals surface area (Å²) in [6, 6.07) is 0. The predicted molar refractivity (Wildman–Crippen MR) is 118 cm³/mol. The van der Waals surface area contributed by atoms with E-state index in [9.17, 15) is 0 Å². The number of fused-ring (bicyclic) bond motifs is 2. The standard InChI is InChI=1S/C21H29N2O.4ClH.Fe/c1-5-22(6-2)18-11-9-16-13-17-10-12-19(23(7-3)8-4)15-21(17)24-20(16)14-18;;;;;/h9-16,21H,5-8H2,1-4H3;4*1H;/q+1;;;;;+3/p-4. The van der Waals surface area contributed by atoms with Gasteiger partial charge in [0.25, 0.3) is 0 Å². The fourth-order valence-electron chi connectivity index (χ4n) is 3.61. The van der Waals surface area contributed by atoms with E-state index in [1.807, 2.05) is 0 Å². The van der Waals surface area contributed by atoms with Gasteiger partial charge in [-0.2, -0.15) is 0 Å². The van der Waals surface area contributed by atoms with Crippen LogP contribution >= 0.6 is 30.3 Å². The average molecular weight is 523 g/mol. The number of nitrogens with zero attached hydrogens (tertiary/aromatic N) is 2. The van der Waals surface area contributed by atoms with Gasteiger partial charge in [0.1, 0.15) is 25.0 Å².